The van der Waals surface area contributed by atoms with Crippen molar-refractivity contribution in [3.63, 3.8) is 0 Å². The van der Waals surface area contributed by atoms with E-state index in [1.807, 2.05) is 29.2 Å². The van der Waals surface area contributed by atoms with Crippen LogP contribution in [-0.4, -0.2) is 55.8 Å². The number of anilines is 2. The highest BCUT2D eigenvalue weighted by atomic mass is 35.5. The number of fused-ring (bicyclic) bond motifs is 1. The van der Waals surface area contributed by atoms with Crippen LogP contribution in [0.1, 0.15) is 31.4 Å². The maximum absolute atomic E-state index is 6.64. The summed E-state index contributed by atoms with van der Waals surface area (Å²) >= 11 is 6.64. The number of rotatable bonds is 7. The second kappa shape index (κ2) is 9.02. The molecule has 1 aliphatic heterocycles. The molecule has 1 aliphatic carbocycles. The van der Waals surface area contributed by atoms with Crippen LogP contribution in [0.15, 0.2) is 42.9 Å². The number of nitrogens with zero attached hydrogens (tertiary/aromatic N) is 5. The molecule has 34 heavy (non-hydrogen) atoms. The quantitative estimate of drug-likeness (QED) is 0.361. The molecule has 0 bridgehead atoms. The number of halogens is 1. The standard InChI is InChI=1S/C25H29ClN8/c1-16(33-8-6-27-7-9-33)18-4-5-28-24(10-18)32-25-30-22-11-20(21(26)12-23(22)31-25)19-13-29-34(15-19)14-17-2-3-17/h4-5,10-13,15-17,27H,2-3,6-9,14H2,1H3,(H2,28,30,31,32). The summed E-state index contributed by atoms with van der Waals surface area (Å²) in [7, 11) is 0. The molecule has 3 N–H and O–H groups in total. The van der Waals surface area contributed by atoms with Gasteiger partial charge in [-0.05, 0) is 55.5 Å². The highest BCUT2D eigenvalue weighted by Gasteiger charge is 2.22. The van der Waals surface area contributed by atoms with Crippen molar-refractivity contribution in [1.29, 1.82) is 0 Å². The Morgan fingerprint density at radius 1 is 1.21 bits per heavy atom. The zero-order valence-electron chi connectivity index (χ0n) is 19.3. The molecule has 4 heterocycles. The number of nitrogens with one attached hydrogen (secondary N) is 3. The average molecular weight is 477 g/mol. The largest absolute Gasteiger partial charge is 0.324 e. The fraction of sp³-hybridized carbons (Fsp3) is 0.400. The summed E-state index contributed by atoms with van der Waals surface area (Å²) in [6.07, 6.45) is 8.42. The van der Waals surface area contributed by atoms with E-state index in [1.54, 1.807) is 0 Å². The van der Waals surface area contributed by atoms with E-state index in [0.717, 1.165) is 66.6 Å². The van der Waals surface area contributed by atoms with Crippen molar-refractivity contribution in [2.75, 3.05) is 31.5 Å². The van der Waals surface area contributed by atoms with Crippen molar-refractivity contribution >= 4 is 34.4 Å². The molecule has 2 fully saturated rings. The first kappa shape index (κ1) is 21.6. The van der Waals surface area contributed by atoms with Crippen LogP contribution in [0.5, 0.6) is 0 Å². The highest BCUT2D eigenvalue weighted by molar-refractivity contribution is 6.34. The van der Waals surface area contributed by atoms with Crippen molar-refractivity contribution in [3.05, 3.63) is 53.4 Å². The highest BCUT2D eigenvalue weighted by Crippen LogP contribution is 2.34. The van der Waals surface area contributed by atoms with Crippen molar-refractivity contribution in [2.45, 2.75) is 32.4 Å². The predicted octanol–water partition coefficient (Wildman–Crippen LogP) is 4.59. The molecule has 0 spiro atoms. The van der Waals surface area contributed by atoms with Gasteiger partial charge in [-0.25, -0.2) is 9.97 Å². The average Bonchev–Trinajstić information content (AvgIpc) is 3.40. The van der Waals surface area contributed by atoms with E-state index in [-0.39, 0.29) is 0 Å². The van der Waals surface area contributed by atoms with Crippen LogP contribution in [0.3, 0.4) is 0 Å². The summed E-state index contributed by atoms with van der Waals surface area (Å²) in [4.78, 5) is 15.1. The van der Waals surface area contributed by atoms with Gasteiger partial charge in [-0.1, -0.05) is 11.6 Å². The molecule has 1 saturated carbocycles. The Labute approximate surface area is 203 Å². The summed E-state index contributed by atoms with van der Waals surface area (Å²) in [6.45, 7) is 7.41. The fourth-order valence-corrected chi connectivity index (χ4v) is 4.93. The Hall–Kier alpha value is -2.94. The van der Waals surface area contributed by atoms with E-state index < -0.39 is 0 Å². The van der Waals surface area contributed by atoms with E-state index in [2.05, 4.69) is 55.9 Å². The second-order valence-corrected chi connectivity index (χ2v) is 9.80. The van der Waals surface area contributed by atoms with Crippen LogP contribution >= 0.6 is 11.6 Å². The van der Waals surface area contributed by atoms with E-state index >= 15 is 0 Å². The van der Waals surface area contributed by atoms with Gasteiger partial charge in [-0.2, -0.15) is 5.10 Å². The van der Waals surface area contributed by atoms with Crippen molar-refractivity contribution in [2.24, 2.45) is 5.92 Å². The Balaban J connectivity index is 1.22. The van der Waals surface area contributed by atoms with Gasteiger partial charge in [0.25, 0.3) is 0 Å². The van der Waals surface area contributed by atoms with Crippen LogP contribution in [0, 0.1) is 5.92 Å². The van der Waals surface area contributed by atoms with E-state index in [1.165, 1.54) is 18.4 Å². The van der Waals surface area contributed by atoms with Gasteiger partial charge in [0.15, 0.2) is 0 Å². The number of piperazine rings is 1. The molecule has 176 valence electrons. The number of benzene rings is 1. The smallest absolute Gasteiger partial charge is 0.206 e. The molecular weight excluding hydrogens is 448 g/mol. The number of aromatic amines is 1. The van der Waals surface area contributed by atoms with Gasteiger partial charge in [-0.3, -0.25) is 9.58 Å². The minimum atomic E-state index is 0.337. The van der Waals surface area contributed by atoms with Gasteiger partial charge in [0.2, 0.25) is 5.95 Å². The number of aromatic nitrogens is 5. The lowest BCUT2D eigenvalue weighted by molar-refractivity contribution is 0.185. The molecule has 0 amide bonds. The normalized spacial score (nSPS) is 17.8. The molecule has 9 heteroatoms. The van der Waals surface area contributed by atoms with Gasteiger partial charge in [0, 0.05) is 62.3 Å². The molecule has 0 radical (unpaired) electrons. The van der Waals surface area contributed by atoms with Crippen LogP contribution in [0.2, 0.25) is 5.02 Å². The number of hydrogen-bond acceptors (Lipinski definition) is 6. The lowest BCUT2D eigenvalue weighted by Crippen LogP contribution is -2.44. The number of H-pyrrole nitrogens is 1. The van der Waals surface area contributed by atoms with Crippen LogP contribution in [0.25, 0.3) is 22.2 Å². The molecule has 1 saturated heterocycles. The second-order valence-electron chi connectivity index (χ2n) is 9.39. The summed E-state index contributed by atoms with van der Waals surface area (Å²) in [5.41, 5.74) is 4.93. The van der Waals surface area contributed by atoms with Crippen molar-refractivity contribution in [1.82, 2.24) is 34.9 Å². The molecule has 2 aliphatic rings. The number of pyridine rings is 1. The lowest BCUT2D eigenvalue weighted by atomic mass is 10.1. The molecule has 8 nitrogen and oxygen atoms in total. The Bertz CT molecular complexity index is 1300. The lowest BCUT2D eigenvalue weighted by Gasteiger charge is -2.33. The Kier molecular flexibility index (Phi) is 5.72. The van der Waals surface area contributed by atoms with Crippen LogP contribution < -0.4 is 10.6 Å². The van der Waals surface area contributed by atoms with Crippen molar-refractivity contribution < 1.29 is 0 Å². The SMILES string of the molecule is CC(c1ccnc(Nc2nc3cc(-c4cnn(CC5CC5)c4)c(Cl)cc3[nH]2)c1)N1CCNCC1. The van der Waals surface area contributed by atoms with E-state index in [4.69, 9.17) is 16.6 Å². The van der Waals surface area contributed by atoms with Crippen LogP contribution in [0.4, 0.5) is 11.8 Å². The minimum Gasteiger partial charge on any atom is -0.324 e. The third kappa shape index (κ3) is 4.53. The molecule has 6 rings (SSSR count). The molecule has 1 unspecified atom stereocenters. The first-order valence-electron chi connectivity index (χ1n) is 12.0. The topological polar surface area (TPSA) is 86.7 Å². The zero-order valence-corrected chi connectivity index (χ0v) is 20.0. The third-order valence-electron chi connectivity index (χ3n) is 6.87. The molecule has 1 atom stereocenters. The first-order chi connectivity index (χ1) is 16.6. The molecule has 3 aromatic heterocycles. The summed E-state index contributed by atoms with van der Waals surface area (Å²) in [5.74, 6) is 2.19. The minimum absolute atomic E-state index is 0.337. The van der Waals surface area contributed by atoms with E-state index in [9.17, 15) is 0 Å². The first-order valence-corrected chi connectivity index (χ1v) is 12.4. The molecule has 4 aromatic rings. The maximum Gasteiger partial charge on any atom is 0.206 e. The van der Waals surface area contributed by atoms with Gasteiger partial charge in [-0.15, -0.1) is 0 Å². The molecular formula is C25H29ClN8. The molecule has 1 aromatic carbocycles. The number of imidazole rings is 1. The summed E-state index contributed by atoms with van der Waals surface area (Å²) in [6, 6.07) is 8.48. The van der Waals surface area contributed by atoms with Gasteiger partial charge in [0.05, 0.1) is 22.3 Å². The van der Waals surface area contributed by atoms with Gasteiger partial charge < -0.3 is 15.6 Å². The zero-order chi connectivity index (χ0) is 23.1. The summed E-state index contributed by atoms with van der Waals surface area (Å²) < 4.78 is 2.02. The van der Waals surface area contributed by atoms with E-state index in [0.29, 0.717) is 17.0 Å². The third-order valence-corrected chi connectivity index (χ3v) is 7.18. The number of hydrogen-bond donors (Lipinski definition) is 3. The van der Waals surface area contributed by atoms with Crippen molar-refractivity contribution in [3.8, 4) is 11.1 Å². The fourth-order valence-electron chi connectivity index (χ4n) is 4.65. The Morgan fingerprint density at radius 3 is 2.88 bits per heavy atom. The monoisotopic (exact) mass is 476 g/mol. The van der Waals surface area contributed by atoms with Gasteiger partial charge in [0.1, 0.15) is 5.82 Å². The Morgan fingerprint density at radius 2 is 2.06 bits per heavy atom. The predicted molar refractivity (Wildman–Crippen MR) is 135 cm³/mol. The van der Waals surface area contributed by atoms with Gasteiger partial charge >= 0.3 is 0 Å². The maximum atomic E-state index is 6.64. The summed E-state index contributed by atoms with van der Waals surface area (Å²) in [5, 5.41) is 11.9. The van der Waals surface area contributed by atoms with Crippen LogP contribution in [-0.2, 0) is 6.54 Å².